The molecule has 0 aliphatic carbocycles. The maximum absolute atomic E-state index is 10.8. The normalized spacial score (nSPS) is 9.00. The molecule has 0 saturated heterocycles. The summed E-state index contributed by atoms with van der Waals surface area (Å²) in [5.41, 5.74) is 0.723. The van der Waals surface area contributed by atoms with E-state index in [1.807, 2.05) is 0 Å². The molecule has 0 aromatic rings. The molecule has 1 N–H and O–H groups in total. The van der Waals surface area contributed by atoms with Crippen LogP contribution in [0.5, 0.6) is 0 Å². The molecule has 2 heteroatoms. The smallest absolute Gasteiger partial charge is 0.224 e. The van der Waals surface area contributed by atoms with Crippen molar-refractivity contribution in [3.05, 3.63) is 12.3 Å². The second-order valence-corrected chi connectivity index (χ2v) is 2.43. The van der Waals surface area contributed by atoms with E-state index in [1.54, 1.807) is 6.92 Å². The monoisotopic (exact) mass is 141 g/mol. The molecule has 0 aromatic carbocycles. The summed E-state index contributed by atoms with van der Waals surface area (Å²) in [7, 11) is 0. The van der Waals surface area contributed by atoms with E-state index in [4.69, 9.17) is 0 Å². The Morgan fingerprint density at radius 2 is 2.20 bits per heavy atom. The molecule has 0 radical (unpaired) electrons. The molecule has 0 saturated carbocycles. The van der Waals surface area contributed by atoms with E-state index in [-0.39, 0.29) is 5.91 Å². The van der Waals surface area contributed by atoms with Crippen LogP contribution in [0.25, 0.3) is 0 Å². The van der Waals surface area contributed by atoms with Crippen LogP contribution in [0.15, 0.2) is 12.3 Å². The molecule has 2 nitrogen and oxygen atoms in total. The van der Waals surface area contributed by atoms with Gasteiger partial charge in [-0.3, -0.25) is 4.79 Å². The molecular formula is C8H15NO. The van der Waals surface area contributed by atoms with Gasteiger partial charge in [0.05, 0.1) is 0 Å². The first-order valence-corrected chi connectivity index (χ1v) is 3.62. The Labute approximate surface area is 62.3 Å². The van der Waals surface area contributed by atoms with Gasteiger partial charge in [0.15, 0.2) is 0 Å². The maximum Gasteiger partial charge on any atom is 0.224 e. The summed E-state index contributed by atoms with van der Waals surface area (Å²) < 4.78 is 0. The third-order valence-electron chi connectivity index (χ3n) is 1.11. The summed E-state index contributed by atoms with van der Waals surface area (Å²) in [6.45, 7) is 7.42. The van der Waals surface area contributed by atoms with Crippen molar-refractivity contribution in [1.82, 2.24) is 5.32 Å². The van der Waals surface area contributed by atoms with E-state index in [2.05, 4.69) is 18.8 Å². The van der Waals surface area contributed by atoms with Crippen molar-refractivity contribution < 1.29 is 4.79 Å². The van der Waals surface area contributed by atoms with Crippen molar-refractivity contribution in [2.45, 2.75) is 33.1 Å². The predicted octanol–water partition coefficient (Wildman–Crippen LogP) is 1.83. The molecule has 0 aliphatic rings. The second kappa shape index (κ2) is 5.03. The summed E-state index contributed by atoms with van der Waals surface area (Å²) >= 11 is 0. The standard InChI is InChI=1S/C8H15NO/c1-4-5-6-8(10)9-7(2)3/h2,4-6H2,1,3H3,(H,9,10). The Kier molecular flexibility index (Phi) is 4.63. The zero-order chi connectivity index (χ0) is 7.98. The van der Waals surface area contributed by atoms with E-state index in [0.717, 1.165) is 18.5 Å². The first kappa shape index (κ1) is 9.21. The maximum atomic E-state index is 10.8. The van der Waals surface area contributed by atoms with Gasteiger partial charge < -0.3 is 5.32 Å². The Bertz CT molecular complexity index is 129. The van der Waals surface area contributed by atoms with Gasteiger partial charge in [-0.15, -0.1) is 0 Å². The van der Waals surface area contributed by atoms with Crippen molar-refractivity contribution in [3.8, 4) is 0 Å². The fourth-order valence-corrected chi connectivity index (χ4v) is 0.638. The highest BCUT2D eigenvalue weighted by atomic mass is 16.1. The molecule has 0 fully saturated rings. The van der Waals surface area contributed by atoms with E-state index < -0.39 is 0 Å². The summed E-state index contributed by atoms with van der Waals surface area (Å²) in [6, 6.07) is 0. The van der Waals surface area contributed by atoms with Crippen molar-refractivity contribution in [1.29, 1.82) is 0 Å². The van der Waals surface area contributed by atoms with Crippen LogP contribution in [-0.2, 0) is 4.79 Å². The Morgan fingerprint density at radius 3 is 2.60 bits per heavy atom. The first-order valence-electron chi connectivity index (χ1n) is 3.62. The minimum absolute atomic E-state index is 0.0781. The minimum Gasteiger partial charge on any atom is -0.331 e. The van der Waals surface area contributed by atoms with Crippen LogP contribution in [0, 0.1) is 0 Å². The highest BCUT2D eigenvalue weighted by molar-refractivity contribution is 5.77. The zero-order valence-electron chi connectivity index (χ0n) is 6.74. The lowest BCUT2D eigenvalue weighted by Gasteiger charge is -2.01. The number of carbonyl (C=O) groups excluding carboxylic acids is 1. The molecule has 0 bridgehead atoms. The Hall–Kier alpha value is -0.790. The highest BCUT2D eigenvalue weighted by Crippen LogP contribution is 1.93. The minimum atomic E-state index is 0.0781. The van der Waals surface area contributed by atoms with Gasteiger partial charge in [-0.25, -0.2) is 0 Å². The van der Waals surface area contributed by atoms with Crippen LogP contribution < -0.4 is 5.32 Å². The fraction of sp³-hybridized carbons (Fsp3) is 0.625. The fourth-order valence-electron chi connectivity index (χ4n) is 0.638. The highest BCUT2D eigenvalue weighted by Gasteiger charge is 1.97. The molecule has 58 valence electrons. The Morgan fingerprint density at radius 1 is 1.60 bits per heavy atom. The van der Waals surface area contributed by atoms with Crippen molar-refractivity contribution >= 4 is 5.91 Å². The number of allylic oxidation sites excluding steroid dienone is 1. The predicted molar refractivity (Wildman–Crippen MR) is 42.5 cm³/mol. The van der Waals surface area contributed by atoms with Crippen LogP contribution in [0.3, 0.4) is 0 Å². The van der Waals surface area contributed by atoms with Crippen LogP contribution in [0.1, 0.15) is 33.1 Å². The van der Waals surface area contributed by atoms with Gasteiger partial charge in [-0.1, -0.05) is 19.9 Å². The summed E-state index contributed by atoms with van der Waals surface area (Å²) in [5.74, 6) is 0.0781. The molecule has 0 rings (SSSR count). The van der Waals surface area contributed by atoms with Gasteiger partial charge >= 0.3 is 0 Å². The van der Waals surface area contributed by atoms with Gasteiger partial charge in [-0.2, -0.15) is 0 Å². The lowest BCUT2D eigenvalue weighted by Crippen LogP contribution is -2.19. The van der Waals surface area contributed by atoms with Gasteiger partial charge in [-0.05, 0) is 13.3 Å². The van der Waals surface area contributed by atoms with E-state index in [1.165, 1.54) is 0 Å². The Balaban J connectivity index is 3.35. The average molecular weight is 141 g/mol. The van der Waals surface area contributed by atoms with Crippen molar-refractivity contribution in [3.63, 3.8) is 0 Å². The third-order valence-corrected chi connectivity index (χ3v) is 1.11. The topological polar surface area (TPSA) is 29.1 Å². The van der Waals surface area contributed by atoms with Gasteiger partial charge in [0.1, 0.15) is 0 Å². The van der Waals surface area contributed by atoms with Crippen LogP contribution in [0.4, 0.5) is 0 Å². The van der Waals surface area contributed by atoms with Crippen LogP contribution in [-0.4, -0.2) is 5.91 Å². The molecule has 0 heterocycles. The van der Waals surface area contributed by atoms with Gasteiger partial charge in [0.2, 0.25) is 5.91 Å². The molecule has 10 heavy (non-hydrogen) atoms. The van der Waals surface area contributed by atoms with Crippen molar-refractivity contribution in [2.24, 2.45) is 0 Å². The first-order chi connectivity index (χ1) is 4.66. The molecule has 0 aromatic heterocycles. The van der Waals surface area contributed by atoms with E-state index >= 15 is 0 Å². The molecule has 1 amide bonds. The molecule has 0 unspecified atom stereocenters. The quantitative estimate of drug-likeness (QED) is 0.635. The van der Waals surface area contributed by atoms with Gasteiger partial charge in [0.25, 0.3) is 0 Å². The number of nitrogens with one attached hydrogen (secondary N) is 1. The lowest BCUT2D eigenvalue weighted by molar-refractivity contribution is -0.120. The lowest BCUT2D eigenvalue weighted by atomic mass is 10.2. The molecule has 0 aliphatic heterocycles. The average Bonchev–Trinajstić information content (AvgIpc) is 1.82. The van der Waals surface area contributed by atoms with E-state index in [9.17, 15) is 4.79 Å². The van der Waals surface area contributed by atoms with Crippen LogP contribution >= 0.6 is 0 Å². The molecular weight excluding hydrogens is 126 g/mol. The third kappa shape index (κ3) is 5.35. The van der Waals surface area contributed by atoms with Gasteiger partial charge in [0, 0.05) is 12.1 Å². The number of hydrogen-bond acceptors (Lipinski definition) is 1. The summed E-state index contributed by atoms with van der Waals surface area (Å²) in [4.78, 5) is 10.8. The number of unbranched alkanes of at least 4 members (excludes halogenated alkanes) is 1. The number of hydrogen-bond donors (Lipinski definition) is 1. The van der Waals surface area contributed by atoms with E-state index in [0.29, 0.717) is 6.42 Å². The molecule has 0 spiro atoms. The summed E-state index contributed by atoms with van der Waals surface area (Å²) in [5, 5.41) is 2.64. The van der Waals surface area contributed by atoms with Crippen molar-refractivity contribution in [2.75, 3.05) is 0 Å². The number of amides is 1. The van der Waals surface area contributed by atoms with Crippen LogP contribution in [0.2, 0.25) is 0 Å². The largest absolute Gasteiger partial charge is 0.331 e. The second-order valence-electron chi connectivity index (χ2n) is 2.43. The summed E-state index contributed by atoms with van der Waals surface area (Å²) in [6.07, 6.45) is 2.63. The number of rotatable bonds is 4. The zero-order valence-corrected chi connectivity index (χ0v) is 6.74. The molecule has 0 atom stereocenters. The number of carbonyl (C=O) groups is 1. The SMILES string of the molecule is C=C(C)NC(=O)CCCC.